The summed E-state index contributed by atoms with van der Waals surface area (Å²) in [5, 5.41) is 0. The highest BCUT2D eigenvalue weighted by atomic mass is 16.2. The highest BCUT2D eigenvalue weighted by Gasteiger charge is 2.18. The van der Waals surface area contributed by atoms with Crippen molar-refractivity contribution in [2.75, 3.05) is 7.05 Å². The second-order valence-electron chi connectivity index (χ2n) is 4.74. The summed E-state index contributed by atoms with van der Waals surface area (Å²) in [4.78, 5) is 18.0. The number of hydrogen-bond donors (Lipinski definition) is 0. The van der Waals surface area contributed by atoms with Gasteiger partial charge in [0.2, 0.25) is 0 Å². The van der Waals surface area contributed by atoms with Gasteiger partial charge in [0.15, 0.2) is 0 Å². The Hall–Kier alpha value is -2.16. The van der Waals surface area contributed by atoms with Crippen molar-refractivity contribution in [3.8, 4) is 0 Å². The molecule has 0 radical (unpaired) electrons. The summed E-state index contributed by atoms with van der Waals surface area (Å²) in [6, 6.07) is 11.8. The van der Waals surface area contributed by atoms with Gasteiger partial charge in [0.25, 0.3) is 5.91 Å². The average molecular weight is 254 g/mol. The normalized spacial score (nSPS) is 11.9. The van der Waals surface area contributed by atoms with Crippen LogP contribution in [-0.2, 0) is 0 Å². The summed E-state index contributed by atoms with van der Waals surface area (Å²) < 4.78 is 0. The predicted molar refractivity (Wildman–Crippen MR) is 75.9 cm³/mol. The summed E-state index contributed by atoms with van der Waals surface area (Å²) >= 11 is 0. The molecule has 0 saturated heterocycles. The van der Waals surface area contributed by atoms with Crippen LogP contribution in [0.25, 0.3) is 0 Å². The Bertz CT molecular complexity index is 549. The van der Waals surface area contributed by atoms with E-state index in [0.29, 0.717) is 5.56 Å². The predicted octanol–water partition coefficient (Wildman–Crippen LogP) is 3.22. The van der Waals surface area contributed by atoms with Crippen molar-refractivity contribution in [1.29, 1.82) is 0 Å². The minimum Gasteiger partial charge on any atom is -0.335 e. The molecule has 2 aromatic rings. The molecule has 3 heteroatoms. The molecule has 0 spiro atoms. The molecule has 3 nitrogen and oxygen atoms in total. The van der Waals surface area contributed by atoms with Crippen molar-refractivity contribution in [3.05, 3.63) is 65.5 Å². The van der Waals surface area contributed by atoms with Crippen LogP contribution in [0.3, 0.4) is 0 Å². The lowest BCUT2D eigenvalue weighted by molar-refractivity contribution is 0.0742. The number of carbonyl (C=O) groups is 1. The topological polar surface area (TPSA) is 33.2 Å². The first-order valence-corrected chi connectivity index (χ1v) is 6.33. The lowest BCUT2D eigenvalue weighted by atomic mass is 10.0. The molecule has 0 saturated carbocycles. The molecule has 1 aromatic carbocycles. The van der Waals surface area contributed by atoms with Gasteiger partial charge in [-0.15, -0.1) is 0 Å². The Morgan fingerprint density at radius 2 is 1.68 bits per heavy atom. The molecule has 19 heavy (non-hydrogen) atoms. The summed E-state index contributed by atoms with van der Waals surface area (Å²) in [5.41, 5.74) is 3.02. The van der Waals surface area contributed by atoms with Gasteiger partial charge in [0.05, 0.1) is 6.04 Å². The molecule has 98 valence electrons. The molecular formula is C16H18N2O. The maximum absolute atomic E-state index is 12.3. The maximum atomic E-state index is 12.3. The second kappa shape index (κ2) is 5.65. The van der Waals surface area contributed by atoms with Crippen molar-refractivity contribution >= 4 is 5.91 Å². The van der Waals surface area contributed by atoms with Crippen molar-refractivity contribution in [1.82, 2.24) is 9.88 Å². The molecular weight excluding hydrogens is 236 g/mol. The van der Waals surface area contributed by atoms with Crippen molar-refractivity contribution in [3.63, 3.8) is 0 Å². The van der Waals surface area contributed by atoms with E-state index in [9.17, 15) is 4.79 Å². The first kappa shape index (κ1) is 13.3. The fourth-order valence-electron chi connectivity index (χ4n) is 1.94. The van der Waals surface area contributed by atoms with E-state index in [1.54, 1.807) is 29.4 Å². The van der Waals surface area contributed by atoms with Crippen LogP contribution in [0.4, 0.5) is 0 Å². The molecule has 0 bridgehead atoms. The van der Waals surface area contributed by atoms with Crippen molar-refractivity contribution < 1.29 is 4.79 Å². The van der Waals surface area contributed by atoms with Gasteiger partial charge in [-0.2, -0.15) is 0 Å². The summed E-state index contributed by atoms with van der Waals surface area (Å²) in [6.45, 7) is 4.09. The number of hydrogen-bond acceptors (Lipinski definition) is 2. The van der Waals surface area contributed by atoms with E-state index in [1.807, 2.05) is 14.0 Å². The number of amides is 1. The van der Waals surface area contributed by atoms with Crippen LogP contribution in [0.2, 0.25) is 0 Å². The number of aromatic nitrogens is 1. The Balaban J connectivity index is 2.17. The summed E-state index contributed by atoms with van der Waals surface area (Å²) in [7, 11) is 1.83. The monoisotopic (exact) mass is 254 g/mol. The number of benzene rings is 1. The van der Waals surface area contributed by atoms with Crippen LogP contribution in [0.1, 0.15) is 34.5 Å². The fourth-order valence-corrected chi connectivity index (χ4v) is 1.94. The number of pyridine rings is 1. The molecule has 1 unspecified atom stereocenters. The van der Waals surface area contributed by atoms with Gasteiger partial charge in [-0.05, 0) is 31.5 Å². The number of aryl methyl sites for hydroxylation is 1. The van der Waals surface area contributed by atoms with E-state index in [2.05, 4.69) is 36.2 Å². The minimum absolute atomic E-state index is 0.00970. The molecule has 1 atom stereocenters. The van der Waals surface area contributed by atoms with E-state index in [0.717, 1.165) is 5.56 Å². The molecule has 1 aromatic heterocycles. The lowest BCUT2D eigenvalue weighted by Gasteiger charge is -2.25. The Morgan fingerprint density at radius 3 is 2.26 bits per heavy atom. The van der Waals surface area contributed by atoms with Crippen LogP contribution >= 0.6 is 0 Å². The standard InChI is InChI=1S/C16H18N2O/c1-12-4-6-14(7-5-12)13(2)18(3)16(19)15-8-10-17-11-9-15/h4-11,13H,1-3H3. The fraction of sp³-hybridized carbons (Fsp3) is 0.250. The summed E-state index contributed by atoms with van der Waals surface area (Å²) in [6.07, 6.45) is 3.27. The first-order valence-electron chi connectivity index (χ1n) is 6.33. The van der Waals surface area contributed by atoms with E-state index in [4.69, 9.17) is 0 Å². The van der Waals surface area contributed by atoms with Crippen LogP contribution in [0.5, 0.6) is 0 Å². The zero-order chi connectivity index (χ0) is 13.8. The van der Waals surface area contributed by atoms with Gasteiger partial charge in [0.1, 0.15) is 0 Å². The third kappa shape index (κ3) is 2.99. The molecule has 0 fully saturated rings. The Kier molecular flexibility index (Phi) is 3.95. The average Bonchev–Trinajstić information content (AvgIpc) is 2.46. The van der Waals surface area contributed by atoms with Gasteiger partial charge < -0.3 is 4.90 Å². The summed E-state index contributed by atoms with van der Waals surface area (Å²) in [5.74, 6) is 0.00970. The smallest absolute Gasteiger partial charge is 0.254 e. The van der Waals surface area contributed by atoms with E-state index in [1.165, 1.54) is 5.56 Å². The van der Waals surface area contributed by atoms with Gasteiger partial charge >= 0.3 is 0 Å². The van der Waals surface area contributed by atoms with Crippen molar-refractivity contribution in [2.24, 2.45) is 0 Å². The molecule has 0 aliphatic rings. The Morgan fingerprint density at radius 1 is 1.11 bits per heavy atom. The molecule has 1 heterocycles. The van der Waals surface area contributed by atoms with Gasteiger partial charge in [-0.25, -0.2) is 0 Å². The largest absolute Gasteiger partial charge is 0.335 e. The Labute approximate surface area is 113 Å². The third-order valence-electron chi connectivity index (χ3n) is 3.39. The van der Waals surface area contributed by atoms with Gasteiger partial charge in [0, 0.05) is 25.0 Å². The van der Waals surface area contributed by atoms with Crippen LogP contribution in [0, 0.1) is 6.92 Å². The molecule has 0 N–H and O–H groups in total. The van der Waals surface area contributed by atoms with Crippen LogP contribution in [-0.4, -0.2) is 22.8 Å². The highest BCUT2D eigenvalue weighted by Crippen LogP contribution is 2.20. The second-order valence-corrected chi connectivity index (χ2v) is 4.74. The van der Waals surface area contributed by atoms with E-state index >= 15 is 0 Å². The van der Waals surface area contributed by atoms with Crippen molar-refractivity contribution in [2.45, 2.75) is 19.9 Å². The zero-order valence-corrected chi connectivity index (χ0v) is 11.5. The van der Waals surface area contributed by atoms with Crippen LogP contribution < -0.4 is 0 Å². The molecule has 1 amide bonds. The zero-order valence-electron chi connectivity index (χ0n) is 11.5. The van der Waals surface area contributed by atoms with Gasteiger partial charge in [-0.3, -0.25) is 9.78 Å². The number of rotatable bonds is 3. The quantitative estimate of drug-likeness (QED) is 0.842. The highest BCUT2D eigenvalue weighted by molar-refractivity contribution is 5.94. The third-order valence-corrected chi connectivity index (χ3v) is 3.39. The number of carbonyl (C=O) groups excluding carboxylic acids is 1. The molecule has 0 aliphatic carbocycles. The molecule has 0 aliphatic heterocycles. The SMILES string of the molecule is Cc1ccc(C(C)N(C)C(=O)c2ccncc2)cc1. The van der Waals surface area contributed by atoms with Gasteiger partial charge in [-0.1, -0.05) is 29.8 Å². The lowest BCUT2D eigenvalue weighted by Crippen LogP contribution is -2.29. The number of nitrogens with zero attached hydrogens (tertiary/aromatic N) is 2. The molecule has 2 rings (SSSR count). The maximum Gasteiger partial charge on any atom is 0.254 e. The first-order chi connectivity index (χ1) is 9.09. The van der Waals surface area contributed by atoms with E-state index < -0.39 is 0 Å². The van der Waals surface area contributed by atoms with E-state index in [-0.39, 0.29) is 11.9 Å². The van der Waals surface area contributed by atoms with Crippen LogP contribution in [0.15, 0.2) is 48.8 Å². The minimum atomic E-state index is 0.00970.